The minimum atomic E-state index is 0.269. The molecule has 16 heavy (non-hydrogen) atoms. The van der Waals surface area contributed by atoms with Crippen molar-refractivity contribution in [2.24, 2.45) is 16.7 Å². The summed E-state index contributed by atoms with van der Waals surface area (Å²) in [5.74, 6) is 0.934. The first-order valence-corrected chi connectivity index (χ1v) is 8.73. The minimum Gasteiger partial charge on any atom is -0.0857 e. The molecule has 4 atom stereocenters. The van der Waals surface area contributed by atoms with Crippen LogP contribution in [0.3, 0.4) is 0 Å². The molecule has 0 aromatic carbocycles. The number of fused-ring (bicyclic) bond motifs is 1. The van der Waals surface area contributed by atoms with Gasteiger partial charge in [-0.25, -0.2) is 0 Å². The number of allylic oxidation sites excluding steroid dienone is 2. The molecule has 0 aliphatic heterocycles. The van der Waals surface area contributed by atoms with Gasteiger partial charge in [-0.3, -0.25) is 0 Å². The Morgan fingerprint density at radius 1 is 1.50 bits per heavy atom. The molecule has 0 radical (unpaired) electrons. The molecule has 2 bridgehead atoms. The van der Waals surface area contributed by atoms with E-state index in [1.165, 1.54) is 36.5 Å². The third-order valence-electron chi connectivity index (χ3n) is 5.33. The van der Waals surface area contributed by atoms with E-state index in [1.807, 2.05) is 0 Å². The van der Waals surface area contributed by atoms with Gasteiger partial charge >= 0.3 is 0 Å². The molecule has 2 heteroatoms. The van der Waals surface area contributed by atoms with Crippen LogP contribution < -0.4 is 0 Å². The predicted octanol–water partition coefficient (Wildman–Crippen LogP) is 5.10. The third kappa shape index (κ3) is 1.51. The Hall–Kier alpha value is 0.950. The lowest BCUT2D eigenvalue weighted by Gasteiger charge is -2.49. The maximum Gasteiger partial charge on any atom is 0.0416 e. The first-order chi connectivity index (χ1) is 7.44. The Bertz CT molecular complexity index is 360. The molecule has 90 valence electrons. The second-order valence-corrected chi connectivity index (χ2v) is 9.21. The fourth-order valence-corrected chi connectivity index (χ4v) is 6.70. The molecule has 0 aromatic rings. The SMILES string of the molecule is CCC12CC3C(=CC(C)(Br)C1)CC3(CI)C2. The average molecular weight is 395 g/mol. The van der Waals surface area contributed by atoms with Gasteiger partial charge < -0.3 is 0 Å². The largest absolute Gasteiger partial charge is 0.0857 e. The van der Waals surface area contributed by atoms with Gasteiger partial charge in [0.25, 0.3) is 0 Å². The van der Waals surface area contributed by atoms with E-state index in [0.717, 1.165) is 5.92 Å². The zero-order valence-electron chi connectivity index (χ0n) is 10.2. The van der Waals surface area contributed by atoms with E-state index in [2.05, 4.69) is 58.4 Å². The van der Waals surface area contributed by atoms with Crippen LogP contribution in [0.5, 0.6) is 0 Å². The van der Waals surface area contributed by atoms with Crippen molar-refractivity contribution in [3.63, 3.8) is 0 Å². The van der Waals surface area contributed by atoms with Crippen molar-refractivity contribution in [1.29, 1.82) is 0 Å². The molecule has 0 amide bonds. The maximum absolute atomic E-state index is 3.95. The molecule has 0 spiro atoms. The summed E-state index contributed by atoms with van der Waals surface area (Å²) in [6, 6.07) is 0. The number of hydrogen-bond donors (Lipinski definition) is 0. The molecule has 0 saturated heterocycles. The fourth-order valence-electron chi connectivity index (χ4n) is 4.74. The zero-order valence-corrected chi connectivity index (χ0v) is 13.9. The van der Waals surface area contributed by atoms with Crippen LogP contribution in [0.25, 0.3) is 0 Å². The highest BCUT2D eigenvalue weighted by Gasteiger charge is 2.62. The van der Waals surface area contributed by atoms with Crippen molar-refractivity contribution in [3.8, 4) is 0 Å². The predicted molar refractivity (Wildman–Crippen MR) is 81.4 cm³/mol. The van der Waals surface area contributed by atoms with Crippen molar-refractivity contribution in [1.82, 2.24) is 0 Å². The number of hydrogen-bond acceptors (Lipinski definition) is 0. The van der Waals surface area contributed by atoms with Gasteiger partial charge in [-0.2, -0.15) is 0 Å². The van der Waals surface area contributed by atoms with Gasteiger partial charge in [0.1, 0.15) is 0 Å². The van der Waals surface area contributed by atoms with Gasteiger partial charge in [-0.15, -0.1) is 0 Å². The summed E-state index contributed by atoms with van der Waals surface area (Å²) in [5, 5.41) is 0. The summed E-state index contributed by atoms with van der Waals surface area (Å²) in [6.45, 7) is 4.77. The van der Waals surface area contributed by atoms with Crippen LogP contribution in [0.4, 0.5) is 0 Å². The van der Waals surface area contributed by atoms with Gasteiger partial charge in [-0.1, -0.05) is 63.5 Å². The van der Waals surface area contributed by atoms with Crippen LogP contribution in [-0.2, 0) is 0 Å². The van der Waals surface area contributed by atoms with E-state index < -0.39 is 0 Å². The molecular formula is C14H20BrI. The number of halogens is 2. The highest BCUT2D eigenvalue weighted by Crippen LogP contribution is 2.71. The summed E-state index contributed by atoms with van der Waals surface area (Å²) in [4.78, 5) is 0. The van der Waals surface area contributed by atoms with Crippen LogP contribution in [0, 0.1) is 16.7 Å². The van der Waals surface area contributed by atoms with Gasteiger partial charge in [0.2, 0.25) is 0 Å². The monoisotopic (exact) mass is 394 g/mol. The van der Waals surface area contributed by atoms with E-state index in [0.29, 0.717) is 10.8 Å². The molecule has 0 aromatic heterocycles. The second-order valence-electron chi connectivity index (χ2n) is 6.63. The number of rotatable bonds is 2. The Kier molecular flexibility index (Phi) is 2.62. The summed E-state index contributed by atoms with van der Waals surface area (Å²) in [6.07, 6.45) is 9.61. The lowest BCUT2D eigenvalue weighted by atomic mass is 9.58. The molecule has 0 N–H and O–H groups in total. The van der Waals surface area contributed by atoms with Gasteiger partial charge in [0.05, 0.1) is 0 Å². The first-order valence-electron chi connectivity index (χ1n) is 6.41. The molecule has 2 saturated carbocycles. The van der Waals surface area contributed by atoms with Crippen molar-refractivity contribution in [2.75, 3.05) is 4.43 Å². The zero-order chi connectivity index (χ0) is 11.6. The van der Waals surface area contributed by atoms with Crippen LogP contribution in [0.2, 0.25) is 0 Å². The summed E-state index contributed by atoms with van der Waals surface area (Å²) >= 11 is 6.57. The van der Waals surface area contributed by atoms with E-state index in [9.17, 15) is 0 Å². The van der Waals surface area contributed by atoms with Crippen LogP contribution >= 0.6 is 38.5 Å². The lowest BCUT2D eigenvalue weighted by molar-refractivity contribution is 0.157. The van der Waals surface area contributed by atoms with E-state index >= 15 is 0 Å². The quantitative estimate of drug-likeness (QED) is 0.347. The Balaban J connectivity index is 2.03. The summed E-state index contributed by atoms with van der Waals surface area (Å²) in [7, 11) is 0. The molecular weight excluding hydrogens is 375 g/mol. The maximum atomic E-state index is 3.95. The standard InChI is InChI=1S/C14H20BrI/c1-3-13-6-11-10(4-12(2,15)7-13)5-14(11,8-13)9-16/h4,11H,3,5-9H2,1-2H3. The van der Waals surface area contributed by atoms with E-state index in [4.69, 9.17) is 0 Å². The minimum absolute atomic E-state index is 0.269. The Labute approximate surface area is 121 Å². The lowest BCUT2D eigenvalue weighted by Crippen LogP contribution is -2.41. The van der Waals surface area contributed by atoms with Gasteiger partial charge in [0, 0.05) is 8.75 Å². The average Bonchev–Trinajstić information content (AvgIpc) is 2.39. The highest BCUT2D eigenvalue weighted by molar-refractivity contribution is 14.1. The van der Waals surface area contributed by atoms with Crippen molar-refractivity contribution < 1.29 is 0 Å². The molecule has 4 unspecified atom stereocenters. The second kappa shape index (κ2) is 3.49. The third-order valence-corrected chi connectivity index (χ3v) is 7.36. The van der Waals surface area contributed by atoms with E-state index in [1.54, 1.807) is 5.57 Å². The molecule has 0 heterocycles. The van der Waals surface area contributed by atoms with Crippen LogP contribution in [-0.4, -0.2) is 8.75 Å². The molecule has 3 aliphatic rings. The van der Waals surface area contributed by atoms with Crippen molar-refractivity contribution >= 4 is 38.5 Å². The molecule has 3 aliphatic carbocycles. The van der Waals surface area contributed by atoms with Gasteiger partial charge in [0.15, 0.2) is 0 Å². The highest BCUT2D eigenvalue weighted by atomic mass is 127. The fraction of sp³-hybridized carbons (Fsp3) is 0.857. The first kappa shape index (κ1) is 12.0. The normalized spacial score (nSPS) is 54.2. The van der Waals surface area contributed by atoms with Crippen LogP contribution in [0.1, 0.15) is 46.0 Å². The summed E-state index contributed by atoms with van der Waals surface area (Å²) in [5.41, 5.74) is 3.10. The smallest absolute Gasteiger partial charge is 0.0416 e. The van der Waals surface area contributed by atoms with E-state index in [-0.39, 0.29) is 4.32 Å². The van der Waals surface area contributed by atoms with Gasteiger partial charge in [-0.05, 0) is 49.4 Å². The molecule has 3 rings (SSSR count). The topological polar surface area (TPSA) is 0 Å². The number of alkyl halides is 2. The molecule has 0 nitrogen and oxygen atoms in total. The van der Waals surface area contributed by atoms with Crippen LogP contribution in [0.15, 0.2) is 11.6 Å². The Morgan fingerprint density at radius 3 is 2.88 bits per heavy atom. The van der Waals surface area contributed by atoms with Crippen molar-refractivity contribution in [3.05, 3.63) is 11.6 Å². The Morgan fingerprint density at radius 2 is 2.25 bits per heavy atom. The van der Waals surface area contributed by atoms with Crippen molar-refractivity contribution in [2.45, 2.75) is 50.3 Å². The molecule has 2 fully saturated rings. The summed E-state index contributed by atoms with van der Waals surface area (Å²) < 4.78 is 1.64.